The Balaban J connectivity index is 2.21. The second-order valence-corrected chi connectivity index (χ2v) is 6.18. The van der Waals surface area contributed by atoms with E-state index in [0.717, 1.165) is 11.1 Å². The number of thiocarbonyl (C=S) groups is 1. The van der Waals surface area contributed by atoms with Crippen molar-refractivity contribution < 1.29 is 19.4 Å². The number of thioether (sulfide) groups is 1. The second kappa shape index (κ2) is 7.24. The van der Waals surface area contributed by atoms with E-state index in [0.29, 0.717) is 15.0 Å². The third-order valence-electron chi connectivity index (χ3n) is 2.65. The summed E-state index contributed by atoms with van der Waals surface area (Å²) in [5.74, 6) is -0.773. The van der Waals surface area contributed by atoms with Gasteiger partial charge in [0.05, 0.1) is 4.91 Å². The minimum absolute atomic E-state index is 0.210. The van der Waals surface area contributed by atoms with Gasteiger partial charge < -0.3 is 15.2 Å². The van der Waals surface area contributed by atoms with E-state index in [2.05, 4.69) is 5.32 Å². The first kappa shape index (κ1) is 16.3. The number of hydrogen-bond acceptors (Lipinski definition) is 5. The fourth-order valence-corrected chi connectivity index (χ4v) is 2.88. The fourth-order valence-electron chi connectivity index (χ4n) is 1.79. The van der Waals surface area contributed by atoms with Crippen LogP contribution in [0.1, 0.15) is 12.5 Å². The number of carbonyl (C=O) groups excluding carboxylic acids is 1. The number of carboxylic acid groups (broad SMARTS) is 1. The number of nitrogens with one attached hydrogen (secondary N) is 1. The van der Waals surface area contributed by atoms with Crippen LogP contribution in [0.5, 0.6) is 5.75 Å². The number of rotatable bonds is 5. The fraction of sp³-hybridized carbons (Fsp3) is 0.133. The van der Waals surface area contributed by atoms with E-state index in [1.165, 1.54) is 11.8 Å². The van der Waals surface area contributed by atoms with Crippen molar-refractivity contribution in [2.24, 2.45) is 0 Å². The van der Waals surface area contributed by atoms with E-state index >= 15 is 0 Å². The Morgan fingerprint density at radius 2 is 2.18 bits per heavy atom. The van der Waals surface area contributed by atoms with E-state index < -0.39 is 12.6 Å². The molecule has 0 unspecified atom stereocenters. The minimum Gasteiger partial charge on any atom is -0.481 e. The van der Waals surface area contributed by atoms with Crippen molar-refractivity contribution in [3.63, 3.8) is 0 Å². The molecular formula is C15H13NO4S2. The van der Waals surface area contributed by atoms with Crippen LogP contribution in [0.2, 0.25) is 0 Å². The van der Waals surface area contributed by atoms with E-state index in [9.17, 15) is 9.59 Å². The number of allylic oxidation sites excluding steroid dienone is 2. The largest absolute Gasteiger partial charge is 0.481 e. The molecule has 1 fully saturated rings. The Hall–Kier alpha value is -2.12. The van der Waals surface area contributed by atoms with Crippen molar-refractivity contribution >= 4 is 46.3 Å². The molecule has 1 aliphatic heterocycles. The predicted molar refractivity (Wildman–Crippen MR) is 89.6 cm³/mol. The zero-order chi connectivity index (χ0) is 16.1. The van der Waals surface area contributed by atoms with Crippen LogP contribution in [0, 0.1) is 0 Å². The summed E-state index contributed by atoms with van der Waals surface area (Å²) in [6.45, 7) is 1.44. The molecular weight excluding hydrogens is 322 g/mol. The highest BCUT2D eigenvalue weighted by molar-refractivity contribution is 8.26. The summed E-state index contributed by atoms with van der Waals surface area (Å²) in [5, 5.41) is 11.2. The Morgan fingerprint density at radius 3 is 2.82 bits per heavy atom. The average molecular weight is 335 g/mol. The number of amides is 1. The first-order chi connectivity index (χ1) is 10.5. The smallest absolute Gasteiger partial charge is 0.341 e. The van der Waals surface area contributed by atoms with E-state index in [1.54, 1.807) is 18.2 Å². The SMILES string of the molecule is CC(=Cc1ccccc1OCC(=O)O)C=C1SC(=S)NC1=O. The maximum atomic E-state index is 11.6. The summed E-state index contributed by atoms with van der Waals surface area (Å²) in [7, 11) is 0. The van der Waals surface area contributed by atoms with Gasteiger partial charge in [0.1, 0.15) is 10.1 Å². The molecule has 2 N–H and O–H groups in total. The van der Waals surface area contributed by atoms with E-state index in [1.807, 2.05) is 25.1 Å². The van der Waals surface area contributed by atoms with Gasteiger partial charge in [-0.25, -0.2) is 4.79 Å². The Kier molecular flexibility index (Phi) is 5.35. The van der Waals surface area contributed by atoms with Gasteiger partial charge in [-0.05, 0) is 30.7 Å². The third-order valence-corrected chi connectivity index (χ3v) is 3.82. The summed E-state index contributed by atoms with van der Waals surface area (Å²) in [5.41, 5.74) is 1.57. The summed E-state index contributed by atoms with van der Waals surface area (Å²) in [6, 6.07) is 7.10. The van der Waals surface area contributed by atoms with Gasteiger partial charge in [-0.2, -0.15) is 0 Å². The number of ether oxygens (including phenoxy) is 1. The number of aliphatic carboxylic acids is 1. The zero-order valence-corrected chi connectivity index (χ0v) is 13.3. The van der Waals surface area contributed by atoms with Crippen molar-refractivity contribution in [1.29, 1.82) is 0 Å². The van der Waals surface area contributed by atoms with Gasteiger partial charge in [0, 0.05) is 5.56 Å². The molecule has 0 saturated carbocycles. The molecule has 1 amide bonds. The second-order valence-electron chi connectivity index (χ2n) is 4.46. The molecule has 1 heterocycles. The molecule has 0 bridgehead atoms. The van der Waals surface area contributed by atoms with Gasteiger partial charge in [0.15, 0.2) is 6.61 Å². The van der Waals surface area contributed by atoms with Gasteiger partial charge in [-0.1, -0.05) is 42.2 Å². The molecule has 1 saturated heterocycles. The Morgan fingerprint density at radius 1 is 1.45 bits per heavy atom. The molecule has 1 aromatic carbocycles. The summed E-state index contributed by atoms with van der Waals surface area (Å²) in [6.07, 6.45) is 3.55. The predicted octanol–water partition coefficient (Wildman–Crippen LogP) is 2.59. The molecule has 1 aliphatic rings. The lowest BCUT2D eigenvalue weighted by Crippen LogP contribution is -2.17. The van der Waals surface area contributed by atoms with Gasteiger partial charge in [-0.15, -0.1) is 0 Å². The maximum Gasteiger partial charge on any atom is 0.341 e. The standard InChI is InChI=1S/C15H13NO4S2/c1-9(7-12-14(19)16-15(21)22-12)6-10-4-2-3-5-11(10)20-8-13(17)18/h2-7H,8H2,1H3,(H,17,18)(H,16,19,21). The van der Waals surface area contributed by atoms with E-state index in [4.69, 9.17) is 22.1 Å². The number of hydrogen-bond donors (Lipinski definition) is 2. The lowest BCUT2D eigenvalue weighted by Gasteiger charge is -2.07. The molecule has 5 nitrogen and oxygen atoms in total. The van der Waals surface area contributed by atoms with Gasteiger partial charge in [0.2, 0.25) is 0 Å². The van der Waals surface area contributed by atoms with Crippen LogP contribution in [-0.4, -0.2) is 27.9 Å². The average Bonchev–Trinajstić information content (AvgIpc) is 2.75. The van der Waals surface area contributed by atoms with Gasteiger partial charge in [-0.3, -0.25) is 4.79 Å². The van der Waals surface area contributed by atoms with Crippen molar-refractivity contribution in [1.82, 2.24) is 5.32 Å². The van der Waals surface area contributed by atoms with Crippen LogP contribution < -0.4 is 10.1 Å². The van der Waals surface area contributed by atoms with Crippen molar-refractivity contribution in [2.45, 2.75) is 6.92 Å². The highest BCUT2D eigenvalue weighted by Gasteiger charge is 2.21. The normalized spacial score (nSPS) is 16.8. The van der Waals surface area contributed by atoms with Crippen LogP contribution in [-0.2, 0) is 9.59 Å². The molecule has 2 rings (SSSR count). The first-order valence-corrected chi connectivity index (χ1v) is 7.55. The lowest BCUT2D eigenvalue weighted by molar-refractivity contribution is -0.139. The molecule has 7 heteroatoms. The first-order valence-electron chi connectivity index (χ1n) is 6.32. The van der Waals surface area contributed by atoms with Crippen LogP contribution in [0.3, 0.4) is 0 Å². The highest BCUT2D eigenvalue weighted by Crippen LogP contribution is 2.26. The molecule has 114 valence electrons. The van der Waals surface area contributed by atoms with Crippen molar-refractivity contribution in [3.05, 3.63) is 46.4 Å². The maximum absolute atomic E-state index is 11.6. The molecule has 0 atom stereocenters. The molecule has 1 aromatic rings. The topological polar surface area (TPSA) is 75.6 Å². The lowest BCUT2D eigenvalue weighted by atomic mass is 10.1. The monoisotopic (exact) mass is 335 g/mol. The number of para-hydroxylation sites is 1. The van der Waals surface area contributed by atoms with Crippen LogP contribution in [0.15, 0.2) is 40.8 Å². The quantitative estimate of drug-likeness (QED) is 0.636. The number of benzene rings is 1. The number of carboxylic acids is 1. The van der Waals surface area contributed by atoms with Gasteiger partial charge >= 0.3 is 5.97 Å². The van der Waals surface area contributed by atoms with Gasteiger partial charge in [0.25, 0.3) is 5.91 Å². The number of carbonyl (C=O) groups is 2. The Labute approximate surface area is 137 Å². The summed E-state index contributed by atoms with van der Waals surface area (Å²) >= 11 is 6.14. The molecule has 0 spiro atoms. The van der Waals surface area contributed by atoms with E-state index in [-0.39, 0.29) is 5.91 Å². The summed E-state index contributed by atoms with van der Waals surface area (Å²) in [4.78, 5) is 22.7. The van der Waals surface area contributed by atoms with Crippen molar-refractivity contribution in [2.75, 3.05) is 6.61 Å². The highest BCUT2D eigenvalue weighted by atomic mass is 32.2. The molecule has 0 radical (unpaired) electrons. The van der Waals surface area contributed by atoms with Crippen LogP contribution in [0.25, 0.3) is 6.08 Å². The zero-order valence-electron chi connectivity index (χ0n) is 11.7. The van der Waals surface area contributed by atoms with Crippen LogP contribution >= 0.6 is 24.0 Å². The molecule has 0 aromatic heterocycles. The summed E-state index contributed by atoms with van der Waals surface area (Å²) < 4.78 is 5.68. The van der Waals surface area contributed by atoms with Crippen LogP contribution in [0.4, 0.5) is 0 Å². The Bertz CT molecular complexity index is 695. The van der Waals surface area contributed by atoms with Crippen molar-refractivity contribution in [3.8, 4) is 5.75 Å². The third kappa shape index (κ3) is 4.44. The molecule has 22 heavy (non-hydrogen) atoms. The minimum atomic E-state index is -1.04. The molecule has 0 aliphatic carbocycles.